The van der Waals surface area contributed by atoms with Crippen LogP contribution in [0.25, 0.3) is 0 Å². The molecular formula is C18H18Br2. The van der Waals surface area contributed by atoms with Crippen molar-refractivity contribution < 1.29 is 0 Å². The molecule has 0 nitrogen and oxygen atoms in total. The van der Waals surface area contributed by atoms with Crippen molar-refractivity contribution in [2.45, 2.75) is 37.4 Å². The van der Waals surface area contributed by atoms with Crippen LogP contribution in [0, 0.1) is 6.92 Å². The zero-order valence-corrected chi connectivity index (χ0v) is 14.8. The number of halogens is 2. The number of alkyl halides is 1. The van der Waals surface area contributed by atoms with E-state index in [1.54, 1.807) is 11.1 Å². The molecule has 104 valence electrons. The second-order valence-electron chi connectivity index (χ2n) is 5.61. The lowest BCUT2D eigenvalue weighted by atomic mass is 9.89. The quantitative estimate of drug-likeness (QED) is 0.539. The van der Waals surface area contributed by atoms with Gasteiger partial charge in [0.15, 0.2) is 0 Å². The van der Waals surface area contributed by atoms with E-state index in [0.717, 1.165) is 0 Å². The van der Waals surface area contributed by atoms with Gasteiger partial charge in [-0.3, -0.25) is 0 Å². The third-order valence-corrected chi connectivity index (χ3v) is 6.07. The maximum absolute atomic E-state index is 3.86. The Hall–Kier alpha value is -0.600. The minimum atomic E-state index is 0.270. The van der Waals surface area contributed by atoms with Gasteiger partial charge in [0, 0.05) is 4.47 Å². The van der Waals surface area contributed by atoms with Crippen molar-refractivity contribution in [2.24, 2.45) is 0 Å². The van der Waals surface area contributed by atoms with Crippen LogP contribution >= 0.6 is 31.9 Å². The molecule has 2 aromatic rings. The Labute approximate surface area is 137 Å². The van der Waals surface area contributed by atoms with E-state index in [0.29, 0.717) is 0 Å². The van der Waals surface area contributed by atoms with Crippen molar-refractivity contribution >= 4 is 31.9 Å². The topological polar surface area (TPSA) is 0 Å². The van der Waals surface area contributed by atoms with Crippen molar-refractivity contribution in [1.82, 2.24) is 0 Å². The van der Waals surface area contributed by atoms with E-state index in [-0.39, 0.29) is 4.83 Å². The number of hydrogen-bond acceptors (Lipinski definition) is 0. The van der Waals surface area contributed by atoms with Gasteiger partial charge in [-0.05, 0) is 66.5 Å². The molecule has 2 aromatic carbocycles. The normalized spacial score (nSPS) is 15.8. The van der Waals surface area contributed by atoms with E-state index in [2.05, 4.69) is 75.2 Å². The number of rotatable bonds is 2. The highest BCUT2D eigenvalue weighted by Crippen LogP contribution is 2.35. The van der Waals surface area contributed by atoms with E-state index in [1.165, 1.54) is 46.8 Å². The fraction of sp³-hybridized carbons (Fsp3) is 0.333. The standard InChI is InChI=1S/C18H18Br2/c1-12-6-7-16(11-17(12)19)18(20)15-9-8-13-4-2-3-5-14(13)10-15/h6-11,18H,2-5H2,1H3. The van der Waals surface area contributed by atoms with E-state index in [9.17, 15) is 0 Å². The summed E-state index contributed by atoms with van der Waals surface area (Å²) in [4.78, 5) is 0.270. The Kier molecular flexibility index (Phi) is 4.32. The van der Waals surface area contributed by atoms with Crippen molar-refractivity contribution in [1.29, 1.82) is 0 Å². The van der Waals surface area contributed by atoms with Gasteiger partial charge >= 0.3 is 0 Å². The molecule has 0 aliphatic heterocycles. The van der Waals surface area contributed by atoms with Crippen molar-refractivity contribution in [3.8, 4) is 0 Å². The molecule has 0 saturated carbocycles. The SMILES string of the molecule is Cc1ccc(C(Br)c2ccc3c(c2)CCCC3)cc1Br. The summed E-state index contributed by atoms with van der Waals surface area (Å²) in [7, 11) is 0. The Balaban J connectivity index is 1.93. The molecule has 0 fully saturated rings. The fourth-order valence-corrected chi connectivity index (χ4v) is 3.84. The molecule has 0 N–H and O–H groups in total. The maximum Gasteiger partial charge on any atom is 0.0645 e. The summed E-state index contributed by atoms with van der Waals surface area (Å²) in [5.41, 5.74) is 7.03. The number of benzene rings is 2. The highest BCUT2D eigenvalue weighted by molar-refractivity contribution is 9.10. The number of aryl methyl sites for hydroxylation is 3. The third-order valence-electron chi connectivity index (χ3n) is 4.15. The van der Waals surface area contributed by atoms with Crippen LogP contribution in [0.2, 0.25) is 0 Å². The summed E-state index contributed by atoms with van der Waals surface area (Å²) >= 11 is 7.49. The summed E-state index contributed by atoms with van der Waals surface area (Å²) in [5.74, 6) is 0. The van der Waals surface area contributed by atoms with Gasteiger partial charge in [0.2, 0.25) is 0 Å². The van der Waals surface area contributed by atoms with Crippen molar-refractivity contribution in [3.05, 3.63) is 68.7 Å². The van der Waals surface area contributed by atoms with Crippen LogP contribution in [0.4, 0.5) is 0 Å². The van der Waals surface area contributed by atoms with E-state index >= 15 is 0 Å². The zero-order valence-electron chi connectivity index (χ0n) is 11.6. The van der Waals surface area contributed by atoms with Crippen LogP contribution in [0.5, 0.6) is 0 Å². The van der Waals surface area contributed by atoms with Crippen LogP contribution in [-0.2, 0) is 12.8 Å². The minimum absolute atomic E-state index is 0.270. The predicted molar refractivity (Wildman–Crippen MR) is 92.7 cm³/mol. The second-order valence-corrected chi connectivity index (χ2v) is 7.38. The fourth-order valence-electron chi connectivity index (χ4n) is 2.87. The summed E-state index contributed by atoms with van der Waals surface area (Å²) < 4.78 is 1.18. The Morgan fingerprint density at radius 3 is 2.30 bits per heavy atom. The van der Waals surface area contributed by atoms with Gasteiger partial charge in [0.05, 0.1) is 4.83 Å². The lowest BCUT2D eigenvalue weighted by Gasteiger charge is -2.19. The number of hydrogen-bond donors (Lipinski definition) is 0. The van der Waals surface area contributed by atoms with Crippen molar-refractivity contribution in [3.63, 3.8) is 0 Å². The minimum Gasteiger partial charge on any atom is -0.0786 e. The molecule has 3 rings (SSSR count). The molecule has 1 aliphatic rings. The van der Waals surface area contributed by atoms with Gasteiger partial charge in [0.25, 0.3) is 0 Å². The molecule has 2 heteroatoms. The molecular weight excluding hydrogens is 376 g/mol. The highest BCUT2D eigenvalue weighted by Gasteiger charge is 2.15. The van der Waals surface area contributed by atoms with Crippen LogP contribution < -0.4 is 0 Å². The second kappa shape index (κ2) is 6.03. The molecule has 0 bridgehead atoms. The first-order valence-electron chi connectivity index (χ1n) is 7.17. The van der Waals surface area contributed by atoms with Gasteiger partial charge in [-0.1, -0.05) is 62.2 Å². The van der Waals surface area contributed by atoms with Gasteiger partial charge < -0.3 is 0 Å². The van der Waals surface area contributed by atoms with Crippen LogP contribution in [0.1, 0.15) is 45.5 Å². The van der Waals surface area contributed by atoms with Gasteiger partial charge in [-0.15, -0.1) is 0 Å². The van der Waals surface area contributed by atoms with Crippen LogP contribution in [-0.4, -0.2) is 0 Å². The van der Waals surface area contributed by atoms with E-state index < -0.39 is 0 Å². The molecule has 1 atom stereocenters. The molecule has 0 spiro atoms. The zero-order chi connectivity index (χ0) is 14.1. The van der Waals surface area contributed by atoms with Gasteiger partial charge in [-0.2, -0.15) is 0 Å². The largest absolute Gasteiger partial charge is 0.0786 e. The Morgan fingerprint density at radius 2 is 1.55 bits per heavy atom. The average Bonchev–Trinajstić information content (AvgIpc) is 2.49. The molecule has 0 aromatic heterocycles. The Bertz CT molecular complexity index is 631. The first-order chi connectivity index (χ1) is 9.65. The highest BCUT2D eigenvalue weighted by atomic mass is 79.9. The molecule has 0 saturated heterocycles. The monoisotopic (exact) mass is 392 g/mol. The van der Waals surface area contributed by atoms with E-state index in [1.807, 2.05) is 0 Å². The smallest absolute Gasteiger partial charge is 0.0645 e. The average molecular weight is 394 g/mol. The maximum atomic E-state index is 3.86. The molecule has 0 radical (unpaired) electrons. The summed E-state index contributed by atoms with van der Waals surface area (Å²) in [6.45, 7) is 2.12. The lowest BCUT2D eigenvalue weighted by Crippen LogP contribution is -2.04. The summed E-state index contributed by atoms with van der Waals surface area (Å²) in [6, 6.07) is 13.6. The lowest BCUT2D eigenvalue weighted by molar-refractivity contribution is 0.684. The van der Waals surface area contributed by atoms with Gasteiger partial charge in [0.1, 0.15) is 0 Å². The Morgan fingerprint density at radius 1 is 0.900 bits per heavy atom. The van der Waals surface area contributed by atoms with Crippen molar-refractivity contribution in [2.75, 3.05) is 0 Å². The predicted octanol–water partition coefficient (Wildman–Crippen LogP) is 6.12. The molecule has 1 aliphatic carbocycles. The third kappa shape index (κ3) is 2.87. The number of fused-ring (bicyclic) bond motifs is 1. The van der Waals surface area contributed by atoms with E-state index in [4.69, 9.17) is 0 Å². The molecule has 20 heavy (non-hydrogen) atoms. The first-order valence-corrected chi connectivity index (χ1v) is 8.88. The summed E-state index contributed by atoms with van der Waals surface area (Å²) in [5, 5.41) is 0. The molecule has 1 unspecified atom stereocenters. The van der Waals surface area contributed by atoms with Crippen LogP contribution in [0.15, 0.2) is 40.9 Å². The molecule has 0 amide bonds. The van der Waals surface area contributed by atoms with Crippen LogP contribution in [0.3, 0.4) is 0 Å². The van der Waals surface area contributed by atoms with Gasteiger partial charge in [-0.25, -0.2) is 0 Å². The first kappa shape index (κ1) is 14.3. The summed E-state index contributed by atoms with van der Waals surface area (Å²) in [6.07, 6.45) is 5.16. The molecule has 0 heterocycles.